The average Bonchev–Trinajstić information content (AvgIpc) is 2.61. The summed E-state index contributed by atoms with van der Waals surface area (Å²) in [7, 11) is 2.06. The fourth-order valence-corrected chi connectivity index (χ4v) is 2.17. The number of nitrogens with zero attached hydrogens (tertiary/aromatic N) is 3. The Morgan fingerprint density at radius 1 is 1.25 bits per heavy atom. The van der Waals surface area contributed by atoms with E-state index in [1.807, 2.05) is 18.3 Å². The number of halogens is 2. The van der Waals surface area contributed by atoms with Gasteiger partial charge >= 0.3 is 0 Å². The molecule has 1 atom stereocenters. The van der Waals surface area contributed by atoms with Crippen molar-refractivity contribution in [2.75, 3.05) is 13.3 Å². The maximum atomic E-state index is 4.37. The molecular weight excluding hydrogens is 265 g/mol. The van der Waals surface area contributed by atoms with Crippen LogP contribution in [0.4, 0.5) is 0 Å². The van der Waals surface area contributed by atoms with Crippen molar-refractivity contribution < 1.29 is 0 Å². The maximum absolute atomic E-state index is 4.37. The lowest BCUT2D eigenvalue weighted by Gasteiger charge is -2.27. The van der Waals surface area contributed by atoms with Crippen LogP contribution in [0, 0.1) is 0 Å². The van der Waals surface area contributed by atoms with Crippen LogP contribution in [0.5, 0.6) is 0 Å². The number of hydrogen-bond donors (Lipinski definition) is 0. The zero-order valence-electron chi connectivity index (χ0n) is 9.11. The highest BCUT2D eigenvalue weighted by atomic mass is 35.5. The second-order valence-electron chi connectivity index (χ2n) is 3.13. The minimum Gasteiger partial charge on any atom is -0.353 e. The molecule has 1 aliphatic heterocycles. The van der Waals surface area contributed by atoms with Crippen LogP contribution in [0.15, 0.2) is 36.8 Å². The van der Waals surface area contributed by atoms with Gasteiger partial charge in [-0.25, -0.2) is 0 Å². The van der Waals surface area contributed by atoms with Gasteiger partial charge in [-0.2, -0.15) is 0 Å². The second-order valence-corrected chi connectivity index (χ2v) is 3.92. The highest BCUT2D eigenvalue weighted by molar-refractivity contribution is 7.96. The Bertz CT molecular complexity index is 334. The van der Waals surface area contributed by atoms with E-state index in [0.29, 0.717) is 0 Å². The summed E-state index contributed by atoms with van der Waals surface area (Å²) in [5, 5.41) is 0. The van der Waals surface area contributed by atoms with Gasteiger partial charge in [0, 0.05) is 31.9 Å². The Morgan fingerprint density at radius 3 is 2.56 bits per heavy atom. The van der Waals surface area contributed by atoms with Gasteiger partial charge in [0.2, 0.25) is 0 Å². The highest BCUT2D eigenvalue weighted by Crippen LogP contribution is 2.32. The summed E-state index contributed by atoms with van der Waals surface area (Å²) in [4.78, 5) is 6.52. The monoisotopic (exact) mass is 279 g/mol. The van der Waals surface area contributed by atoms with Crippen LogP contribution in [0.1, 0.15) is 11.9 Å². The molecule has 90 valence electrons. The summed E-state index contributed by atoms with van der Waals surface area (Å²) in [5.41, 5.74) is 1.08. The van der Waals surface area contributed by atoms with Gasteiger partial charge in [-0.05, 0) is 12.1 Å². The molecule has 0 aliphatic carbocycles. The van der Waals surface area contributed by atoms with E-state index < -0.39 is 0 Å². The Labute approximate surface area is 113 Å². The minimum absolute atomic E-state index is 0. The maximum Gasteiger partial charge on any atom is 0.154 e. The first kappa shape index (κ1) is 15.4. The molecule has 0 fully saturated rings. The van der Waals surface area contributed by atoms with Gasteiger partial charge in [0.15, 0.2) is 6.17 Å². The summed E-state index contributed by atoms with van der Waals surface area (Å²) in [6, 6.07) is 6.01. The van der Waals surface area contributed by atoms with E-state index in [-0.39, 0.29) is 31.0 Å². The second kappa shape index (κ2) is 6.89. The van der Waals surface area contributed by atoms with Crippen LogP contribution < -0.4 is 0 Å². The molecule has 0 bridgehead atoms. The smallest absolute Gasteiger partial charge is 0.154 e. The third-order valence-corrected chi connectivity index (χ3v) is 2.98. The molecule has 1 aliphatic rings. The topological polar surface area (TPSA) is 19.4 Å². The van der Waals surface area contributed by atoms with E-state index in [4.69, 9.17) is 0 Å². The number of aromatic nitrogens is 1. The van der Waals surface area contributed by atoms with Crippen LogP contribution in [0.3, 0.4) is 0 Å². The molecule has 3 nitrogen and oxygen atoms in total. The summed E-state index contributed by atoms with van der Waals surface area (Å²) < 4.78 is 2.18. The fraction of sp³-hybridized carbons (Fsp3) is 0.300. The third kappa shape index (κ3) is 2.97. The van der Waals surface area contributed by atoms with Crippen molar-refractivity contribution in [1.82, 2.24) is 14.2 Å². The molecule has 0 saturated carbocycles. The van der Waals surface area contributed by atoms with Crippen LogP contribution in [-0.2, 0) is 0 Å². The van der Waals surface area contributed by atoms with Crippen molar-refractivity contribution in [3.8, 4) is 0 Å². The molecule has 2 rings (SSSR count). The van der Waals surface area contributed by atoms with Crippen LogP contribution in [0.25, 0.3) is 0 Å². The third-order valence-electron chi connectivity index (χ3n) is 2.24. The average molecular weight is 280 g/mol. The zero-order valence-corrected chi connectivity index (χ0v) is 11.6. The van der Waals surface area contributed by atoms with Gasteiger partial charge < -0.3 is 4.90 Å². The largest absolute Gasteiger partial charge is 0.353 e. The van der Waals surface area contributed by atoms with Gasteiger partial charge in [-0.3, -0.25) is 9.29 Å². The van der Waals surface area contributed by atoms with Gasteiger partial charge in [-0.15, -0.1) is 24.8 Å². The summed E-state index contributed by atoms with van der Waals surface area (Å²) in [6.45, 7) is 0. The molecule has 2 heterocycles. The van der Waals surface area contributed by atoms with Gasteiger partial charge in [0.1, 0.15) is 0 Å². The van der Waals surface area contributed by atoms with Crippen molar-refractivity contribution in [2.45, 2.75) is 6.17 Å². The van der Waals surface area contributed by atoms with E-state index in [0.717, 1.165) is 5.69 Å². The fourth-order valence-electron chi connectivity index (χ4n) is 1.54. The lowest BCUT2D eigenvalue weighted by Crippen LogP contribution is -2.24. The summed E-state index contributed by atoms with van der Waals surface area (Å²) in [5.74, 6) is 0. The molecule has 0 N–H and O–H groups in total. The van der Waals surface area contributed by atoms with Crippen molar-refractivity contribution in [3.63, 3.8) is 0 Å². The lowest BCUT2D eigenvalue weighted by molar-refractivity contribution is 0.264. The first-order valence-electron chi connectivity index (χ1n) is 4.46. The molecule has 1 aromatic heterocycles. The predicted molar refractivity (Wildman–Crippen MR) is 73.7 cm³/mol. The molecule has 0 radical (unpaired) electrons. The standard InChI is InChI=1S/C10H13N3S.2ClH/c1-12-7-8-13(14-2)10(12)9-5-3-4-6-11-9;;/h3-8,10H,1-2H3;2*1H. The molecule has 1 aromatic rings. The van der Waals surface area contributed by atoms with Crippen LogP contribution >= 0.6 is 36.8 Å². The Kier molecular flexibility index (Phi) is 6.64. The van der Waals surface area contributed by atoms with Crippen LogP contribution in [0.2, 0.25) is 0 Å². The van der Waals surface area contributed by atoms with E-state index in [1.54, 1.807) is 11.9 Å². The van der Waals surface area contributed by atoms with Gasteiger partial charge in [0.25, 0.3) is 0 Å². The SMILES string of the molecule is CSN1C=CN(C)C1c1ccccn1.Cl.Cl. The Hall–Kier alpha value is -0.580. The quantitative estimate of drug-likeness (QED) is 0.775. The summed E-state index contributed by atoms with van der Waals surface area (Å²) in [6.07, 6.45) is 8.27. The van der Waals surface area contributed by atoms with E-state index in [1.165, 1.54) is 0 Å². The first-order chi connectivity index (χ1) is 6.83. The van der Waals surface area contributed by atoms with E-state index in [2.05, 4.69) is 46.0 Å². The molecule has 0 aromatic carbocycles. The molecule has 1 unspecified atom stereocenters. The Balaban J connectivity index is 0.00000112. The van der Waals surface area contributed by atoms with E-state index >= 15 is 0 Å². The molecule has 0 spiro atoms. The van der Waals surface area contributed by atoms with Crippen LogP contribution in [-0.4, -0.2) is 27.5 Å². The first-order valence-corrected chi connectivity index (χ1v) is 5.64. The molecule has 6 heteroatoms. The van der Waals surface area contributed by atoms with Crippen molar-refractivity contribution in [1.29, 1.82) is 0 Å². The normalized spacial score (nSPS) is 18.0. The zero-order chi connectivity index (χ0) is 9.97. The van der Waals surface area contributed by atoms with Gasteiger partial charge in [-0.1, -0.05) is 18.0 Å². The molecular formula is C10H15Cl2N3S. The van der Waals surface area contributed by atoms with E-state index in [9.17, 15) is 0 Å². The predicted octanol–water partition coefficient (Wildman–Crippen LogP) is 2.92. The number of rotatable bonds is 2. The summed E-state index contributed by atoms with van der Waals surface area (Å²) >= 11 is 1.70. The minimum atomic E-state index is 0. The molecule has 0 saturated heterocycles. The number of pyridine rings is 1. The lowest BCUT2D eigenvalue weighted by atomic mass is 10.3. The molecule has 16 heavy (non-hydrogen) atoms. The molecule has 0 amide bonds. The number of hydrogen-bond acceptors (Lipinski definition) is 4. The highest BCUT2D eigenvalue weighted by Gasteiger charge is 2.25. The van der Waals surface area contributed by atoms with Gasteiger partial charge in [0.05, 0.1) is 5.69 Å². The van der Waals surface area contributed by atoms with Crippen molar-refractivity contribution >= 4 is 36.8 Å². The van der Waals surface area contributed by atoms with Crippen molar-refractivity contribution in [3.05, 3.63) is 42.5 Å². The van der Waals surface area contributed by atoms with Crippen molar-refractivity contribution in [2.24, 2.45) is 0 Å². The Morgan fingerprint density at radius 2 is 2.00 bits per heavy atom.